The molecule has 0 atom stereocenters. The molecule has 0 N–H and O–H groups in total. The predicted octanol–water partition coefficient (Wildman–Crippen LogP) is 3.63. The summed E-state index contributed by atoms with van der Waals surface area (Å²) >= 11 is 7.55. The van der Waals surface area contributed by atoms with E-state index in [-0.39, 0.29) is 5.02 Å². The summed E-state index contributed by atoms with van der Waals surface area (Å²) in [6.07, 6.45) is 1.55. The van der Waals surface area contributed by atoms with Crippen molar-refractivity contribution in [3.05, 3.63) is 81.2 Å². The molecule has 28 heavy (non-hydrogen) atoms. The molecule has 0 amide bonds. The van der Waals surface area contributed by atoms with Crippen LogP contribution in [0.2, 0.25) is 5.02 Å². The lowest BCUT2D eigenvalue weighted by Crippen LogP contribution is -2.21. The summed E-state index contributed by atoms with van der Waals surface area (Å²) in [7, 11) is 0. The van der Waals surface area contributed by atoms with Crippen LogP contribution >= 0.6 is 23.4 Å². The zero-order chi connectivity index (χ0) is 19.7. The maximum atomic E-state index is 12.7. The summed E-state index contributed by atoms with van der Waals surface area (Å²) in [5.41, 5.74) is 3.22. The monoisotopic (exact) mass is 410 g/mol. The summed E-state index contributed by atoms with van der Waals surface area (Å²) in [5, 5.41) is 16.8. The number of tetrazole rings is 1. The third-order valence-corrected chi connectivity index (χ3v) is 5.63. The Morgan fingerprint density at radius 1 is 0.964 bits per heavy atom. The first-order valence-electron chi connectivity index (χ1n) is 8.42. The van der Waals surface area contributed by atoms with Crippen LogP contribution < -0.4 is 5.56 Å². The summed E-state index contributed by atoms with van der Waals surface area (Å²) in [5.74, 6) is 0. The molecule has 0 saturated carbocycles. The van der Waals surface area contributed by atoms with Crippen LogP contribution in [0.5, 0.6) is 0 Å². The van der Waals surface area contributed by atoms with E-state index in [2.05, 4.69) is 20.6 Å². The average Bonchev–Trinajstić information content (AvgIpc) is 3.14. The highest BCUT2D eigenvalue weighted by Crippen LogP contribution is 2.31. The number of aromatic nitrogens is 6. The molecule has 2 aromatic carbocycles. The molecule has 4 aromatic rings. The van der Waals surface area contributed by atoms with Crippen molar-refractivity contribution in [3.8, 4) is 11.4 Å². The Morgan fingerprint density at radius 3 is 2.39 bits per heavy atom. The molecular formula is C19H15ClN6OS. The summed E-state index contributed by atoms with van der Waals surface area (Å²) in [6, 6.07) is 15.1. The van der Waals surface area contributed by atoms with Crippen LogP contribution in [0, 0.1) is 13.8 Å². The van der Waals surface area contributed by atoms with Gasteiger partial charge >= 0.3 is 0 Å². The normalized spacial score (nSPS) is 11.0. The lowest BCUT2D eigenvalue weighted by Gasteiger charge is -2.11. The Hall–Kier alpha value is -2.97. The lowest BCUT2D eigenvalue weighted by atomic mass is 10.1. The molecule has 4 rings (SSSR count). The van der Waals surface area contributed by atoms with E-state index in [0.717, 1.165) is 16.8 Å². The van der Waals surface area contributed by atoms with Crippen molar-refractivity contribution in [3.63, 3.8) is 0 Å². The van der Waals surface area contributed by atoms with Gasteiger partial charge in [0.25, 0.3) is 5.56 Å². The van der Waals surface area contributed by atoms with E-state index in [1.165, 1.54) is 16.4 Å². The first-order chi connectivity index (χ1) is 13.6. The fourth-order valence-corrected chi connectivity index (χ4v) is 3.87. The predicted molar refractivity (Wildman–Crippen MR) is 108 cm³/mol. The minimum absolute atomic E-state index is 0.0694. The van der Waals surface area contributed by atoms with Crippen molar-refractivity contribution in [1.29, 1.82) is 0 Å². The molecule has 7 nitrogen and oxygen atoms in total. The van der Waals surface area contributed by atoms with E-state index in [9.17, 15) is 4.79 Å². The smallest absolute Gasteiger partial charge is 0.266 e. The van der Waals surface area contributed by atoms with Crippen LogP contribution in [0.25, 0.3) is 11.4 Å². The van der Waals surface area contributed by atoms with Gasteiger partial charge in [0, 0.05) is 0 Å². The van der Waals surface area contributed by atoms with Gasteiger partial charge < -0.3 is 0 Å². The first kappa shape index (κ1) is 18.4. The van der Waals surface area contributed by atoms with Crippen molar-refractivity contribution in [2.75, 3.05) is 0 Å². The van der Waals surface area contributed by atoms with E-state index in [1.54, 1.807) is 23.0 Å². The average molecular weight is 411 g/mol. The molecule has 2 heterocycles. The van der Waals surface area contributed by atoms with Gasteiger partial charge in [0.2, 0.25) is 5.16 Å². The molecular weight excluding hydrogens is 396 g/mol. The molecule has 0 aliphatic carbocycles. The molecule has 0 unspecified atom stereocenters. The summed E-state index contributed by atoms with van der Waals surface area (Å²) in [4.78, 5) is 13.2. The SMILES string of the molecule is Cc1cccc(C)c1-n1nnnc1Sc1cnn(-c2ccccc2)c(=O)c1Cl. The number of nitrogens with zero attached hydrogens (tertiary/aromatic N) is 6. The standard InChI is InChI=1S/C19H15ClN6OS/c1-12-7-6-8-13(2)17(12)26-19(22-23-24-26)28-15-11-21-25(18(27)16(15)20)14-9-4-3-5-10-14/h3-11H,1-2H3. The van der Waals surface area contributed by atoms with Gasteiger partial charge in [-0.25, -0.2) is 0 Å². The second-order valence-electron chi connectivity index (χ2n) is 6.09. The van der Waals surface area contributed by atoms with E-state index in [1.807, 2.05) is 50.2 Å². The van der Waals surface area contributed by atoms with E-state index in [4.69, 9.17) is 11.6 Å². The fraction of sp³-hybridized carbons (Fsp3) is 0.105. The molecule has 0 radical (unpaired) electrons. The number of benzene rings is 2. The van der Waals surface area contributed by atoms with Crippen molar-refractivity contribution in [2.24, 2.45) is 0 Å². The van der Waals surface area contributed by atoms with Gasteiger partial charge in [-0.2, -0.15) is 14.5 Å². The molecule has 2 aromatic heterocycles. The van der Waals surface area contributed by atoms with Gasteiger partial charge in [-0.15, -0.1) is 5.10 Å². The van der Waals surface area contributed by atoms with Gasteiger partial charge in [0.1, 0.15) is 5.02 Å². The fourth-order valence-electron chi connectivity index (χ4n) is 2.86. The molecule has 0 aliphatic heterocycles. The number of halogens is 1. The molecule has 0 saturated heterocycles. The topological polar surface area (TPSA) is 78.5 Å². The highest BCUT2D eigenvalue weighted by Gasteiger charge is 2.18. The number of hydrogen-bond donors (Lipinski definition) is 0. The summed E-state index contributed by atoms with van der Waals surface area (Å²) in [6.45, 7) is 3.99. The summed E-state index contributed by atoms with van der Waals surface area (Å²) < 4.78 is 2.91. The Balaban J connectivity index is 1.73. The highest BCUT2D eigenvalue weighted by molar-refractivity contribution is 7.99. The molecule has 0 bridgehead atoms. The first-order valence-corrected chi connectivity index (χ1v) is 9.62. The Morgan fingerprint density at radius 2 is 1.68 bits per heavy atom. The van der Waals surface area contributed by atoms with Crippen LogP contribution in [0.3, 0.4) is 0 Å². The third-order valence-electron chi connectivity index (χ3n) is 4.18. The van der Waals surface area contributed by atoms with Gasteiger partial charge in [-0.1, -0.05) is 48.0 Å². The minimum Gasteiger partial charge on any atom is -0.266 e. The van der Waals surface area contributed by atoms with Gasteiger partial charge in [-0.05, 0) is 59.3 Å². The van der Waals surface area contributed by atoms with Crippen molar-refractivity contribution in [2.45, 2.75) is 23.9 Å². The zero-order valence-electron chi connectivity index (χ0n) is 15.1. The second-order valence-corrected chi connectivity index (χ2v) is 7.48. The zero-order valence-corrected chi connectivity index (χ0v) is 16.6. The van der Waals surface area contributed by atoms with Gasteiger partial charge in [0.15, 0.2) is 0 Å². The Kier molecular flexibility index (Phi) is 4.97. The molecule has 140 valence electrons. The van der Waals surface area contributed by atoms with Crippen LogP contribution in [0.15, 0.2) is 69.6 Å². The van der Waals surface area contributed by atoms with Crippen molar-refractivity contribution >= 4 is 23.4 Å². The lowest BCUT2D eigenvalue weighted by molar-refractivity contribution is 0.746. The number of hydrogen-bond acceptors (Lipinski definition) is 6. The Labute approximate surface area is 170 Å². The number of para-hydroxylation sites is 2. The molecule has 9 heteroatoms. The molecule has 0 spiro atoms. The van der Waals surface area contributed by atoms with Crippen LogP contribution in [-0.2, 0) is 0 Å². The maximum Gasteiger partial charge on any atom is 0.291 e. The van der Waals surface area contributed by atoms with Crippen LogP contribution in [0.4, 0.5) is 0 Å². The van der Waals surface area contributed by atoms with Gasteiger partial charge in [0.05, 0.1) is 22.5 Å². The largest absolute Gasteiger partial charge is 0.291 e. The number of aryl methyl sites for hydroxylation is 2. The minimum atomic E-state index is -0.399. The van der Waals surface area contributed by atoms with E-state index >= 15 is 0 Å². The van der Waals surface area contributed by atoms with Crippen LogP contribution in [-0.4, -0.2) is 30.0 Å². The molecule has 0 aliphatic rings. The van der Waals surface area contributed by atoms with E-state index in [0.29, 0.717) is 15.7 Å². The van der Waals surface area contributed by atoms with E-state index < -0.39 is 5.56 Å². The number of rotatable bonds is 4. The van der Waals surface area contributed by atoms with Crippen molar-refractivity contribution < 1.29 is 0 Å². The maximum absolute atomic E-state index is 12.7. The second kappa shape index (κ2) is 7.57. The van der Waals surface area contributed by atoms with Gasteiger partial charge in [-0.3, -0.25) is 4.79 Å². The highest BCUT2D eigenvalue weighted by atomic mass is 35.5. The quantitative estimate of drug-likeness (QED) is 0.511. The third kappa shape index (κ3) is 3.32. The Bertz CT molecular complexity index is 1180. The molecule has 0 fully saturated rings. The van der Waals surface area contributed by atoms with Crippen LogP contribution in [0.1, 0.15) is 11.1 Å². The van der Waals surface area contributed by atoms with Crippen molar-refractivity contribution in [1.82, 2.24) is 30.0 Å².